The number of para-hydroxylation sites is 2. The molecule has 1 heterocycles. The van der Waals surface area contributed by atoms with Crippen LogP contribution in [0.5, 0.6) is 0 Å². The molecule has 0 saturated heterocycles. The minimum absolute atomic E-state index is 0.170. The number of amides is 3. The zero-order valence-electron chi connectivity index (χ0n) is 16.1. The van der Waals surface area contributed by atoms with Crippen molar-refractivity contribution in [1.29, 1.82) is 0 Å². The maximum absolute atomic E-state index is 12.2. The summed E-state index contributed by atoms with van der Waals surface area (Å²) in [6.07, 6.45) is 0.174. The van der Waals surface area contributed by atoms with Crippen LogP contribution < -0.4 is 16.0 Å². The molecule has 3 aromatic carbocycles. The van der Waals surface area contributed by atoms with Crippen LogP contribution in [0.2, 0.25) is 0 Å². The maximum atomic E-state index is 12.2. The number of nitrogens with zero attached hydrogens (tertiary/aromatic N) is 1. The van der Waals surface area contributed by atoms with E-state index < -0.39 is 0 Å². The molecular weight excluding hydrogens is 396 g/mol. The summed E-state index contributed by atoms with van der Waals surface area (Å²) in [7, 11) is 0. The van der Waals surface area contributed by atoms with Gasteiger partial charge in [-0.2, -0.15) is 0 Å². The molecule has 30 heavy (non-hydrogen) atoms. The second-order valence-electron chi connectivity index (χ2n) is 6.61. The van der Waals surface area contributed by atoms with E-state index in [1.807, 2.05) is 66.7 Å². The zero-order chi connectivity index (χ0) is 20.8. The molecule has 0 radical (unpaired) electrons. The van der Waals surface area contributed by atoms with Crippen LogP contribution in [0, 0.1) is 0 Å². The summed E-state index contributed by atoms with van der Waals surface area (Å²) >= 11 is 1.62. The number of thiazole rings is 1. The summed E-state index contributed by atoms with van der Waals surface area (Å²) in [6, 6.07) is 24.4. The lowest BCUT2D eigenvalue weighted by Crippen LogP contribution is -2.31. The van der Waals surface area contributed by atoms with Crippen molar-refractivity contribution >= 4 is 44.9 Å². The molecule has 0 aliphatic carbocycles. The van der Waals surface area contributed by atoms with Crippen molar-refractivity contribution in [2.45, 2.75) is 6.42 Å². The van der Waals surface area contributed by atoms with Crippen LogP contribution in [0.15, 0.2) is 78.9 Å². The number of hydrogen-bond acceptors (Lipinski definition) is 4. The van der Waals surface area contributed by atoms with E-state index in [9.17, 15) is 9.59 Å². The van der Waals surface area contributed by atoms with E-state index in [1.165, 1.54) is 0 Å². The molecule has 4 rings (SSSR count). The Kier molecular flexibility index (Phi) is 6.01. The molecule has 6 nitrogen and oxygen atoms in total. The number of anilines is 2. The lowest BCUT2D eigenvalue weighted by atomic mass is 10.2. The molecule has 1 aromatic heterocycles. The molecule has 7 heteroatoms. The van der Waals surface area contributed by atoms with E-state index in [-0.39, 0.29) is 24.9 Å². The Morgan fingerprint density at radius 2 is 1.60 bits per heavy atom. The van der Waals surface area contributed by atoms with Crippen LogP contribution in [-0.4, -0.2) is 23.5 Å². The van der Waals surface area contributed by atoms with Gasteiger partial charge >= 0.3 is 6.03 Å². The van der Waals surface area contributed by atoms with Crippen LogP contribution in [0.4, 0.5) is 16.2 Å². The quantitative estimate of drug-likeness (QED) is 0.408. The molecule has 0 aliphatic rings. The molecular formula is C23H20N4O2S. The molecule has 0 aliphatic heterocycles. The first-order valence-corrected chi connectivity index (χ1v) is 10.3. The van der Waals surface area contributed by atoms with E-state index in [0.29, 0.717) is 11.4 Å². The number of urea groups is 1. The molecule has 150 valence electrons. The third-order valence-corrected chi connectivity index (χ3v) is 5.44. The first-order valence-electron chi connectivity index (χ1n) is 9.53. The van der Waals surface area contributed by atoms with Crippen molar-refractivity contribution in [2.24, 2.45) is 0 Å². The first kappa shape index (κ1) is 19.6. The summed E-state index contributed by atoms with van der Waals surface area (Å²) < 4.78 is 1.13. The highest BCUT2D eigenvalue weighted by molar-refractivity contribution is 7.21. The molecule has 3 amide bonds. The van der Waals surface area contributed by atoms with Crippen molar-refractivity contribution in [1.82, 2.24) is 10.3 Å². The van der Waals surface area contributed by atoms with E-state index >= 15 is 0 Å². The van der Waals surface area contributed by atoms with Gasteiger partial charge in [-0.3, -0.25) is 4.79 Å². The number of hydrogen-bond donors (Lipinski definition) is 3. The Labute approximate surface area is 178 Å². The van der Waals surface area contributed by atoms with Gasteiger partial charge in [-0.15, -0.1) is 11.3 Å². The zero-order valence-corrected chi connectivity index (χ0v) is 16.9. The standard InChI is InChI=1S/C23H20N4O2S/c28-21(13-14-24-23(29)26-17-8-2-1-3-9-17)25-18-10-6-7-16(15-18)22-27-19-11-4-5-12-20(19)30-22/h1-12,15H,13-14H2,(H,25,28)(H2,24,26,29). The van der Waals surface area contributed by atoms with Crippen molar-refractivity contribution in [3.05, 3.63) is 78.9 Å². The van der Waals surface area contributed by atoms with Crippen LogP contribution >= 0.6 is 11.3 Å². The van der Waals surface area contributed by atoms with Gasteiger partial charge in [0.2, 0.25) is 5.91 Å². The SMILES string of the molecule is O=C(CCNC(=O)Nc1ccccc1)Nc1cccc(-c2nc3ccccc3s2)c1. The molecule has 0 unspecified atom stereocenters. The highest BCUT2D eigenvalue weighted by atomic mass is 32.1. The monoisotopic (exact) mass is 416 g/mol. The molecule has 0 saturated carbocycles. The molecule has 0 fully saturated rings. The van der Waals surface area contributed by atoms with Gasteiger partial charge in [0.25, 0.3) is 0 Å². The minimum atomic E-state index is -0.341. The van der Waals surface area contributed by atoms with Crippen molar-refractivity contribution in [3.8, 4) is 10.6 Å². The van der Waals surface area contributed by atoms with E-state index in [1.54, 1.807) is 23.5 Å². The largest absolute Gasteiger partial charge is 0.337 e. The van der Waals surface area contributed by atoms with E-state index in [0.717, 1.165) is 20.8 Å². The third kappa shape index (κ3) is 5.01. The number of fused-ring (bicyclic) bond motifs is 1. The Morgan fingerprint density at radius 3 is 2.43 bits per heavy atom. The minimum Gasteiger partial charge on any atom is -0.337 e. The van der Waals surface area contributed by atoms with E-state index in [4.69, 9.17) is 0 Å². The molecule has 0 bridgehead atoms. The van der Waals surface area contributed by atoms with Crippen LogP contribution in [0.1, 0.15) is 6.42 Å². The van der Waals surface area contributed by atoms with Crippen LogP contribution in [0.3, 0.4) is 0 Å². The fourth-order valence-corrected chi connectivity index (χ4v) is 3.90. The highest BCUT2D eigenvalue weighted by Crippen LogP contribution is 2.31. The van der Waals surface area contributed by atoms with Gasteiger partial charge in [-0.1, -0.05) is 42.5 Å². The smallest absolute Gasteiger partial charge is 0.319 e. The first-order chi connectivity index (χ1) is 14.7. The normalized spacial score (nSPS) is 10.5. The van der Waals surface area contributed by atoms with Gasteiger partial charge in [-0.05, 0) is 36.4 Å². The van der Waals surface area contributed by atoms with Crippen LogP contribution in [0.25, 0.3) is 20.8 Å². The van der Waals surface area contributed by atoms with Gasteiger partial charge in [-0.25, -0.2) is 9.78 Å². The number of carbonyl (C=O) groups is 2. The van der Waals surface area contributed by atoms with Gasteiger partial charge in [0, 0.05) is 29.9 Å². The van der Waals surface area contributed by atoms with Crippen molar-refractivity contribution in [2.75, 3.05) is 17.2 Å². The Balaban J connectivity index is 1.30. The van der Waals surface area contributed by atoms with Crippen molar-refractivity contribution < 1.29 is 9.59 Å². The second kappa shape index (κ2) is 9.19. The summed E-state index contributed by atoms with van der Waals surface area (Å²) in [6.45, 7) is 0.238. The Bertz CT molecular complexity index is 1140. The molecule has 4 aromatic rings. The van der Waals surface area contributed by atoms with Gasteiger partial charge in [0.15, 0.2) is 0 Å². The topological polar surface area (TPSA) is 83.1 Å². The van der Waals surface area contributed by atoms with Crippen molar-refractivity contribution in [3.63, 3.8) is 0 Å². The molecule has 0 atom stereocenters. The predicted molar refractivity (Wildman–Crippen MR) is 122 cm³/mol. The fraction of sp³-hybridized carbons (Fsp3) is 0.0870. The fourth-order valence-electron chi connectivity index (χ4n) is 2.94. The summed E-state index contributed by atoms with van der Waals surface area (Å²) in [5, 5.41) is 9.18. The van der Waals surface area contributed by atoms with Gasteiger partial charge in [0.1, 0.15) is 5.01 Å². The lowest BCUT2D eigenvalue weighted by molar-refractivity contribution is -0.116. The third-order valence-electron chi connectivity index (χ3n) is 4.36. The second-order valence-corrected chi connectivity index (χ2v) is 7.64. The highest BCUT2D eigenvalue weighted by Gasteiger charge is 2.09. The van der Waals surface area contributed by atoms with E-state index in [2.05, 4.69) is 20.9 Å². The average molecular weight is 417 g/mol. The van der Waals surface area contributed by atoms with Gasteiger partial charge < -0.3 is 16.0 Å². The predicted octanol–water partition coefficient (Wildman–Crippen LogP) is 5.11. The maximum Gasteiger partial charge on any atom is 0.319 e. The Hall–Kier alpha value is -3.71. The number of benzene rings is 3. The van der Waals surface area contributed by atoms with Gasteiger partial charge in [0.05, 0.1) is 10.2 Å². The lowest BCUT2D eigenvalue weighted by Gasteiger charge is -2.09. The number of carbonyl (C=O) groups excluding carboxylic acids is 2. The summed E-state index contributed by atoms with van der Waals surface area (Å²) in [5.41, 5.74) is 3.32. The summed E-state index contributed by atoms with van der Waals surface area (Å²) in [5.74, 6) is -0.170. The Morgan fingerprint density at radius 1 is 0.833 bits per heavy atom. The molecule has 0 spiro atoms. The number of aromatic nitrogens is 1. The average Bonchev–Trinajstić information content (AvgIpc) is 3.19. The summed E-state index contributed by atoms with van der Waals surface area (Å²) in [4.78, 5) is 28.8. The van der Waals surface area contributed by atoms with Crippen LogP contribution in [-0.2, 0) is 4.79 Å². The number of nitrogens with one attached hydrogen (secondary N) is 3. The number of rotatable bonds is 6. The molecule has 3 N–H and O–H groups in total.